The fraction of sp³-hybridized carbons (Fsp3) is 0. The van der Waals surface area contributed by atoms with Gasteiger partial charge in [-0.3, -0.25) is 4.79 Å². The maximum absolute atomic E-state index is 13.0. The molecular weight excluding hydrogens is 436 g/mol. The number of hydrogen-bond acceptors (Lipinski definition) is 5. The second kappa shape index (κ2) is 7.72. The topological polar surface area (TPSA) is 62.5 Å². The normalized spacial score (nSPS) is 15.3. The Balaban J connectivity index is 1.58. The van der Waals surface area contributed by atoms with Crippen molar-refractivity contribution in [3.63, 3.8) is 0 Å². The number of carbonyl (C=O) groups is 1. The number of Topliss-reactive ketones (excluding diaryl/α,β-unsaturated/α-hetero) is 1. The van der Waals surface area contributed by atoms with Crippen molar-refractivity contribution in [1.29, 1.82) is 5.26 Å². The average Bonchev–Trinajstić information content (AvgIpc) is 3.47. The number of nitriles is 1. The number of fused-ring (bicyclic) bond motifs is 2. The molecule has 0 unspecified atom stereocenters. The van der Waals surface area contributed by atoms with E-state index in [-0.39, 0.29) is 11.5 Å². The van der Waals surface area contributed by atoms with Crippen LogP contribution < -0.4 is 0 Å². The van der Waals surface area contributed by atoms with Gasteiger partial charge in [0.25, 0.3) is 5.70 Å². The number of thiazole rings is 1. The molecule has 148 valence electrons. The van der Waals surface area contributed by atoms with Crippen molar-refractivity contribution in [1.82, 2.24) is 4.98 Å². The van der Waals surface area contributed by atoms with E-state index in [9.17, 15) is 10.1 Å². The second-order valence-electron chi connectivity index (χ2n) is 6.87. The number of thiophene rings is 1. The van der Waals surface area contributed by atoms with Gasteiger partial charge in [-0.2, -0.15) is 0 Å². The molecule has 4 aromatic rings. The molecule has 0 saturated heterocycles. The predicted octanol–water partition coefficient (Wildman–Crippen LogP) is 7.01. The van der Waals surface area contributed by atoms with Gasteiger partial charge in [-0.1, -0.05) is 48.5 Å². The molecule has 1 aliphatic carbocycles. The quantitative estimate of drug-likeness (QED) is 0.189. The SMILES string of the molecule is [C-]#[N+]/C(C#N)=C1\C(=C\c2nc3sc(-c4ccc([N+]#[C-])cc4)cc3s2)C(=O)c2ccccc21. The molecular formula is C25H10N4OS2. The van der Waals surface area contributed by atoms with Crippen LogP contribution in [0.1, 0.15) is 20.9 Å². The van der Waals surface area contributed by atoms with Gasteiger partial charge in [0.1, 0.15) is 9.84 Å². The van der Waals surface area contributed by atoms with E-state index in [0.717, 1.165) is 20.0 Å². The lowest BCUT2D eigenvalue weighted by atomic mass is 10.0. The Hall–Kier alpha value is -4.35. The summed E-state index contributed by atoms with van der Waals surface area (Å²) in [5.74, 6) is -0.203. The van der Waals surface area contributed by atoms with Gasteiger partial charge < -0.3 is 0 Å². The third-order valence-electron chi connectivity index (χ3n) is 5.06. The number of benzene rings is 2. The Morgan fingerprint density at radius 2 is 1.81 bits per heavy atom. The molecule has 2 heterocycles. The molecule has 2 aromatic heterocycles. The van der Waals surface area contributed by atoms with Crippen LogP contribution in [0.5, 0.6) is 0 Å². The average molecular weight is 447 g/mol. The molecule has 32 heavy (non-hydrogen) atoms. The Kier molecular flexibility index (Phi) is 4.73. The summed E-state index contributed by atoms with van der Waals surface area (Å²) in [6, 6.07) is 18.4. The molecule has 0 bridgehead atoms. The van der Waals surface area contributed by atoms with Crippen LogP contribution >= 0.6 is 22.7 Å². The van der Waals surface area contributed by atoms with Crippen molar-refractivity contribution in [2.45, 2.75) is 0 Å². The number of carbonyl (C=O) groups excluding carboxylic acids is 1. The van der Waals surface area contributed by atoms with E-state index >= 15 is 0 Å². The molecule has 0 atom stereocenters. The van der Waals surface area contributed by atoms with E-state index < -0.39 is 0 Å². The van der Waals surface area contributed by atoms with Gasteiger partial charge in [0.15, 0.2) is 11.5 Å². The van der Waals surface area contributed by atoms with E-state index in [2.05, 4.69) is 14.7 Å². The zero-order chi connectivity index (χ0) is 22.2. The van der Waals surface area contributed by atoms with Crippen LogP contribution in [0.2, 0.25) is 0 Å². The number of ketones is 1. The van der Waals surface area contributed by atoms with Crippen molar-refractivity contribution in [3.05, 3.63) is 105 Å². The summed E-state index contributed by atoms with van der Waals surface area (Å²) < 4.78 is 0.991. The molecule has 5 nitrogen and oxygen atoms in total. The molecule has 2 aromatic carbocycles. The third-order valence-corrected chi connectivity index (χ3v) is 7.22. The third kappa shape index (κ3) is 3.12. The number of allylic oxidation sites excluding steroid dienone is 3. The fourth-order valence-electron chi connectivity index (χ4n) is 3.61. The van der Waals surface area contributed by atoms with Gasteiger partial charge in [-0.05, 0) is 23.3 Å². The van der Waals surface area contributed by atoms with E-state index in [1.807, 2.05) is 24.3 Å². The second-order valence-corrected chi connectivity index (χ2v) is 8.96. The predicted molar refractivity (Wildman–Crippen MR) is 127 cm³/mol. The first-order valence-electron chi connectivity index (χ1n) is 9.39. The molecule has 0 spiro atoms. The molecule has 1 aliphatic rings. The summed E-state index contributed by atoms with van der Waals surface area (Å²) in [4.78, 5) is 26.4. The van der Waals surface area contributed by atoms with Gasteiger partial charge in [0.05, 0.1) is 23.9 Å². The minimum atomic E-state index is -0.203. The Morgan fingerprint density at radius 1 is 1.06 bits per heavy atom. The zero-order valence-electron chi connectivity index (χ0n) is 16.3. The molecule has 0 N–H and O–H groups in total. The maximum Gasteiger partial charge on any atom is 0.270 e. The van der Waals surface area contributed by atoms with E-state index in [4.69, 9.17) is 13.1 Å². The molecule has 0 saturated carbocycles. The van der Waals surface area contributed by atoms with Crippen LogP contribution in [-0.4, -0.2) is 10.8 Å². The van der Waals surface area contributed by atoms with E-state index in [1.165, 1.54) is 11.3 Å². The molecule has 0 aliphatic heterocycles. The van der Waals surface area contributed by atoms with Crippen LogP contribution in [0, 0.1) is 24.5 Å². The Bertz CT molecular complexity index is 1570. The lowest BCUT2D eigenvalue weighted by Gasteiger charge is -2.01. The van der Waals surface area contributed by atoms with Gasteiger partial charge >= 0.3 is 0 Å². The zero-order valence-corrected chi connectivity index (χ0v) is 17.9. The number of aromatic nitrogens is 1. The van der Waals surface area contributed by atoms with Crippen molar-refractivity contribution in [3.8, 4) is 16.5 Å². The Labute approximate surface area is 191 Å². The first-order chi connectivity index (χ1) is 15.6. The molecule has 0 amide bonds. The first-order valence-corrected chi connectivity index (χ1v) is 11.0. The minimum absolute atomic E-state index is 0.0990. The van der Waals surface area contributed by atoms with E-state index in [0.29, 0.717) is 33.0 Å². The van der Waals surface area contributed by atoms with Crippen LogP contribution in [-0.2, 0) is 0 Å². The van der Waals surface area contributed by atoms with Gasteiger partial charge in [0, 0.05) is 21.6 Å². The summed E-state index contributed by atoms with van der Waals surface area (Å²) in [6.07, 6.45) is 1.68. The van der Waals surface area contributed by atoms with Gasteiger partial charge in [-0.25, -0.2) is 19.9 Å². The summed E-state index contributed by atoms with van der Waals surface area (Å²) in [5.41, 5.74) is 3.33. The summed E-state index contributed by atoms with van der Waals surface area (Å²) in [5, 5.41) is 10.1. The lowest BCUT2D eigenvalue weighted by Crippen LogP contribution is -1.95. The number of nitrogens with zero attached hydrogens (tertiary/aromatic N) is 4. The highest BCUT2D eigenvalue weighted by molar-refractivity contribution is 7.29. The van der Waals surface area contributed by atoms with Crippen molar-refractivity contribution >= 4 is 55.3 Å². The monoisotopic (exact) mass is 446 g/mol. The number of rotatable bonds is 2. The molecule has 0 fully saturated rings. The fourth-order valence-corrected chi connectivity index (χ4v) is 5.79. The van der Waals surface area contributed by atoms with Crippen LogP contribution in [0.3, 0.4) is 0 Å². The van der Waals surface area contributed by atoms with Gasteiger partial charge in [0.2, 0.25) is 0 Å². The minimum Gasteiger partial charge on any atom is -0.289 e. The molecule has 5 rings (SSSR count). The van der Waals surface area contributed by atoms with Gasteiger partial charge in [-0.15, -0.1) is 22.7 Å². The first kappa shape index (κ1) is 19.6. The van der Waals surface area contributed by atoms with Crippen molar-refractivity contribution in [2.75, 3.05) is 0 Å². The summed E-state index contributed by atoms with van der Waals surface area (Å²) in [6.45, 7) is 14.4. The van der Waals surface area contributed by atoms with Crippen LogP contribution in [0.4, 0.5) is 5.69 Å². The maximum atomic E-state index is 13.0. The molecule has 0 radical (unpaired) electrons. The van der Waals surface area contributed by atoms with Crippen molar-refractivity contribution in [2.24, 2.45) is 0 Å². The van der Waals surface area contributed by atoms with Crippen LogP contribution in [0.15, 0.2) is 65.9 Å². The molecule has 7 heteroatoms. The van der Waals surface area contributed by atoms with Crippen LogP contribution in [0.25, 0.3) is 41.3 Å². The van der Waals surface area contributed by atoms with E-state index in [1.54, 1.807) is 53.8 Å². The van der Waals surface area contributed by atoms with Crippen molar-refractivity contribution < 1.29 is 4.79 Å². The largest absolute Gasteiger partial charge is 0.289 e. The smallest absolute Gasteiger partial charge is 0.270 e. The standard InChI is InChI=1S/C25H10N4OS2/c1-27-15-9-7-14(8-10-15)20-12-21-25(32-20)29-22(31-21)11-18-23(19(13-26)28-2)16-5-3-4-6-17(16)24(18)30/h3-12H/b18-11-,23-19-. The summed E-state index contributed by atoms with van der Waals surface area (Å²) in [7, 11) is 0. The lowest BCUT2D eigenvalue weighted by molar-refractivity contribution is 0.104. The highest BCUT2D eigenvalue weighted by atomic mass is 32.1. The number of hydrogen-bond donors (Lipinski definition) is 0. The highest BCUT2D eigenvalue weighted by Crippen LogP contribution is 2.42. The summed E-state index contributed by atoms with van der Waals surface area (Å²) >= 11 is 3.00. The Morgan fingerprint density at radius 3 is 2.47 bits per heavy atom. The highest BCUT2D eigenvalue weighted by Gasteiger charge is 2.32.